The Morgan fingerprint density at radius 3 is 2.54 bits per heavy atom. The van der Waals surface area contributed by atoms with E-state index >= 15 is 0 Å². The number of aromatic nitrogens is 4. The molecule has 26 heavy (non-hydrogen) atoms. The van der Waals surface area contributed by atoms with Crippen molar-refractivity contribution < 1.29 is 18.0 Å². The van der Waals surface area contributed by atoms with E-state index in [1.165, 1.54) is 24.3 Å². The molecular weight excluding hydrogens is 351 g/mol. The lowest BCUT2D eigenvalue weighted by molar-refractivity contribution is -0.137. The van der Waals surface area contributed by atoms with Gasteiger partial charge in [0.1, 0.15) is 0 Å². The Morgan fingerprint density at radius 2 is 1.92 bits per heavy atom. The molecule has 3 rings (SSSR count). The number of hydrogen-bond acceptors (Lipinski definition) is 5. The van der Waals surface area contributed by atoms with Crippen LogP contribution in [0.2, 0.25) is 0 Å². The van der Waals surface area contributed by atoms with Crippen molar-refractivity contribution >= 4 is 17.4 Å². The number of hydrogen-bond donors (Lipinski definition) is 4. The number of tetrazole rings is 1. The van der Waals surface area contributed by atoms with Gasteiger partial charge >= 0.3 is 12.2 Å². The van der Waals surface area contributed by atoms with E-state index < -0.39 is 17.8 Å². The monoisotopic (exact) mass is 363 g/mol. The maximum atomic E-state index is 13.1. The second-order valence-electron chi connectivity index (χ2n) is 5.26. The molecule has 0 aliphatic heterocycles. The fourth-order valence-corrected chi connectivity index (χ4v) is 2.52. The molecule has 1 heterocycles. The fraction of sp³-hybridized carbons (Fsp3) is 0.0667. The normalized spacial score (nSPS) is 11.3. The third-order valence-corrected chi connectivity index (χ3v) is 3.54. The van der Waals surface area contributed by atoms with Crippen LogP contribution in [0.15, 0.2) is 36.4 Å². The van der Waals surface area contributed by atoms with Crippen LogP contribution in [0.1, 0.15) is 5.56 Å². The first-order chi connectivity index (χ1) is 12.3. The predicted octanol–water partition coefficient (Wildman–Crippen LogP) is 2.63. The summed E-state index contributed by atoms with van der Waals surface area (Å²) in [5, 5.41) is 15.7. The van der Waals surface area contributed by atoms with Crippen molar-refractivity contribution in [3.05, 3.63) is 42.0 Å². The Morgan fingerprint density at radius 1 is 1.15 bits per heavy atom. The number of anilines is 2. The van der Waals surface area contributed by atoms with Gasteiger partial charge in [0.2, 0.25) is 5.82 Å². The Kier molecular flexibility index (Phi) is 4.20. The zero-order chi connectivity index (χ0) is 18.9. The van der Waals surface area contributed by atoms with E-state index in [9.17, 15) is 18.0 Å². The Hall–Kier alpha value is -3.63. The summed E-state index contributed by atoms with van der Waals surface area (Å²) in [6.07, 6.45) is -4.53. The van der Waals surface area contributed by atoms with Crippen molar-refractivity contribution in [3.63, 3.8) is 0 Å². The first-order valence-electron chi connectivity index (χ1n) is 7.17. The van der Waals surface area contributed by atoms with Crippen LogP contribution in [0.5, 0.6) is 0 Å². The summed E-state index contributed by atoms with van der Waals surface area (Å²) in [6.45, 7) is 0. The lowest BCUT2D eigenvalue weighted by atomic mass is 9.94. The Bertz CT molecular complexity index is 954. The summed E-state index contributed by atoms with van der Waals surface area (Å²) in [4.78, 5) is 11.3. The molecule has 0 saturated carbocycles. The number of H-pyrrole nitrogens is 1. The number of urea groups is 1. The molecule has 0 spiro atoms. The molecule has 11 heteroatoms. The van der Waals surface area contributed by atoms with Crippen molar-refractivity contribution in [2.45, 2.75) is 6.18 Å². The standard InChI is InChI=1S/C15H12F3N7O/c16-15(17,18)8-3-1-2-7(6-8)11-9(19)4-5-10(21-14(20)26)12(11)13-22-24-25-23-13/h1-6H,19H2,(H3,20,21,26)(H,22,23,24,25). The van der Waals surface area contributed by atoms with Gasteiger partial charge in [-0.15, -0.1) is 10.2 Å². The molecule has 2 amide bonds. The van der Waals surface area contributed by atoms with E-state index in [2.05, 4.69) is 25.9 Å². The largest absolute Gasteiger partial charge is 0.416 e. The van der Waals surface area contributed by atoms with Gasteiger partial charge in [0, 0.05) is 11.3 Å². The third kappa shape index (κ3) is 3.27. The molecule has 0 radical (unpaired) electrons. The van der Waals surface area contributed by atoms with Gasteiger partial charge < -0.3 is 16.8 Å². The molecule has 1 aromatic heterocycles. The topological polar surface area (TPSA) is 136 Å². The number of amides is 2. The minimum atomic E-state index is -4.53. The molecule has 134 valence electrons. The molecular formula is C15H12F3N7O. The number of nitrogens with two attached hydrogens (primary N) is 2. The first kappa shape index (κ1) is 17.2. The van der Waals surface area contributed by atoms with Gasteiger partial charge in [0.05, 0.1) is 16.8 Å². The number of halogens is 3. The molecule has 0 bridgehead atoms. The molecule has 3 aromatic rings. The maximum Gasteiger partial charge on any atom is 0.416 e. The summed E-state index contributed by atoms with van der Waals surface area (Å²) < 4.78 is 39.2. The van der Waals surface area contributed by atoms with Crippen molar-refractivity contribution in [2.75, 3.05) is 11.1 Å². The van der Waals surface area contributed by atoms with Crippen LogP contribution in [0.4, 0.5) is 29.3 Å². The van der Waals surface area contributed by atoms with Gasteiger partial charge in [0.25, 0.3) is 0 Å². The number of nitrogen functional groups attached to an aromatic ring is 1. The minimum Gasteiger partial charge on any atom is -0.398 e. The lowest BCUT2D eigenvalue weighted by Gasteiger charge is -2.16. The number of benzene rings is 2. The fourth-order valence-electron chi connectivity index (χ4n) is 2.52. The highest BCUT2D eigenvalue weighted by Gasteiger charge is 2.31. The first-order valence-corrected chi connectivity index (χ1v) is 7.17. The van der Waals surface area contributed by atoms with Gasteiger partial charge in [-0.3, -0.25) is 0 Å². The molecule has 0 fully saturated rings. The third-order valence-electron chi connectivity index (χ3n) is 3.54. The number of aromatic amines is 1. The highest BCUT2D eigenvalue weighted by atomic mass is 19.4. The summed E-state index contributed by atoms with van der Waals surface area (Å²) in [7, 11) is 0. The summed E-state index contributed by atoms with van der Waals surface area (Å²) >= 11 is 0. The molecule has 0 aliphatic rings. The average molecular weight is 363 g/mol. The zero-order valence-electron chi connectivity index (χ0n) is 13.0. The molecule has 8 nitrogen and oxygen atoms in total. The molecule has 0 unspecified atom stereocenters. The lowest BCUT2D eigenvalue weighted by Crippen LogP contribution is -2.20. The van der Waals surface area contributed by atoms with Crippen molar-refractivity contribution in [1.82, 2.24) is 20.6 Å². The van der Waals surface area contributed by atoms with Crippen LogP contribution in [-0.4, -0.2) is 26.7 Å². The SMILES string of the molecule is NC(=O)Nc1ccc(N)c(-c2cccc(C(F)(F)F)c2)c1-c1nn[nH]n1. The number of carbonyl (C=O) groups excluding carboxylic acids is 1. The van der Waals surface area contributed by atoms with Crippen LogP contribution in [0.25, 0.3) is 22.5 Å². The molecule has 0 saturated heterocycles. The van der Waals surface area contributed by atoms with E-state index in [0.29, 0.717) is 0 Å². The second kappa shape index (κ2) is 6.35. The number of alkyl halides is 3. The van der Waals surface area contributed by atoms with Crippen LogP contribution < -0.4 is 16.8 Å². The van der Waals surface area contributed by atoms with Crippen molar-refractivity contribution in [3.8, 4) is 22.5 Å². The number of carbonyl (C=O) groups is 1. The quantitative estimate of drug-likeness (QED) is 0.530. The van der Waals surface area contributed by atoms with Crippen LogP contribution in [-0.2, 0) is 6.18 Å². The predicted molar refractivity (Wildman–Crippen MR) is 87.7 cm³/mol. The zero-order valence-corrected chi connectivity index (χ0v) is 13.0. The van der Waals surface area contributed by atoms with E-state index in [4.69, 9.17) is 11.5 Å². The number of nitrogens with one attached hydrogen (secondary N) is 2. The average Bonchev–Trinajstić information content (AvgIpc) is 3.09. The minimum absolute atomic E-state index is 0.0356. The molecule has 0 aliphatic carbocycles. The highest BCUT2D eigenvalue weighted by molar-refractivity contribution is 6.01. The van der Waals surface area contributed by atoms with Gasteiger partial charge in [0.15, 0.2) is 0 Å². The number of primary amides is 1. The molecule has 2 aromatic carbocycles. The maximum absolute atomic E-state index is 13.1. The Balaban J connectivity index is 2.29. The van der Waals surface area contributed by atoms with Gasteiger partial charge in [-0.25, -0.2) is 4.79 Å². The van der Waals surface area contributed by atoms with Gasteiger partial charge in [-0.2, -0.15) is 18.4 Å². The highest BCUT2D eigenvalue weighted by Crippen LogP contribution is 2.41. The Labute approximate surface area is 144 Å². The van der Waals surface area contributed by atoms with Crippen molar-refractivity contribution in [1.29, 1.82) is 0 Å². The van der Waals surface area contributed by atoms with E-state index in [1.54, 1.807) is 0 Å². The van der Waals surface area contributed by atoms with Gasteiger partial charge in [-0.1, -0.05) is 12.1 Å². The summed E-state index contributed by atoms with van der Waals surface area (Å²) in [5.74, 6) is 0.0356. The molecule has 6 N–H and O–H groups in total. The van der Waals surface area contributed by atoms with Crippen molar-refractivity contribution in [2.24, 2.45) is 5.73 Å². The van der Waals surface area contributed by atoms with E-state index in [1.807, 2.05) is 0 Å². The smallest absolute Gasteiger partial charge is 0.398 e. The number of nitrogens with zero attached hydrogens (tertiary/aromatic N) is 3. The number of rotatable bonds is 3. The second-order valence-corrected chi connectivity index (χ2v) is 5.26. The van der Waals surface area contributed by atoms with E-state index in [0.717, 1.165) is 12.1 Å². The van der Waals surface area contributed by atoms with Crippen LogP contribution in [0.3, 0.4) is 0 Å². The van der Waals surface area contributed by atoms with E-state index in [-0.39, 0.29) is 33.9 Å². The van der Waals surface area contributed by atoms with Crippen LogP contribution in [0, 0.1) is 0 Å². The van der Waals surface area contributed by atoms with Gasteiger partial charge in [-0.05, 0) is 35.0 Å². The summed E-state index contributed by atoms with van der Waals surface area (Å²) in [6, 6.07) is 6.62. The van der Waals surface area contributed by atoms with Crippen LogP contribution >= 0.6 is 0 Å². The molecule has 0 atom stereocenters. The summed E-state index contributed by atoms with van der Waals surface area (Å²) in [5.41, 5.74) is 11.2.